The van der Waals surface area contributed by atoms with E-state index in [1.807, 2.05) is 36.5 Å². The molecule has 1 aromatic carbocycles. The number of nitrogens with zero attached hydrogens (tertiary/aromatic N) is 4. The normalized spacial score (nSPS) is 13.8. The Kier molecular flexibility index (Phi) is 4.17. The summed E-state index contributed by atoms with van der Waals surface area (Å²) in [6.45, 7) is 2.81. The maximum Gasteiger partial charge on any atom is 0.128 e. The van der Waals surface area contributed by atoms with Gasteiger partial charge in [-0.3, -0.25) is 4.98 Å². The zero-order valence-corrected chi connectivity index (χ0v) is 13.9. The number of hydrogen-bond acceptors (Lipinski definition) is 5. The summed E-state index contributed by atoms with van der Waals surface area (Å²) in [5, 5.41) is 13.8. The van der Waals surface area contributed by atoms with E-state index >= 15 is 0 Å². The van der Waals surface area contributed by atoms with Crippen molar-refractivity contribution >= 4 is 22.4 Å². The van der Waals surface area contributed by atoms with Crippen LogP contribution < -0.4 is 10.2 Å². The molecule has 0 unspecified atom stereocenters. The van der Waals surface area contributed by atoms with Crippen LogP contribution in [0.5, 0.6) is 0 Å². The van der Waals surface area contributed by atoms with Gasteiger partial charge in [0, 0.05) is 37.4 Å². The maximum absolute atomic E-state index is 9.42. The minimum absolute atomic E-state index is 0.563. The van der Waals surface area contributed by atoms with Gasteiger partial charge in [-0.25, -0.2) is 4.98 Å². The van der Waals surface area contributed by atoms with E-state index in [0.29, 0.717) is 12.1 Å². The van der Waals surface area contributed by atoms with Crippen molar-refractivity contribution in [1.29, 1.82) is 5.26 Å². The number of para-hydroxylation sites is 1. The van der Waals surface area contributed by atoms with Gasteiger partial charge in [0.1, 0.15) is 11.9 Å². The van der Waals surface area contributed by atoms with Crippen molar-refractivity contribution in [3.05, 3.63) is 59.9 Å². The van der Waals surface area contributed by atoms with Gasteiger partial charge in [0.05, 0.1) is 16.8 Å². The first-order valence-electron chi connectivity index (χ1n) is 8.57. The van der Waals surface area contributed by atoms with E-state index in [4.69, 9.17) is 0 Å². The van der Waals surface area contributed by atoms with Crippen molar-refractivity contribution in [2.75, 3.05) is 23.3 Å². The summed E-state index contributed by atoms with van der Waals surface area (Å²) in [5.74, 6) is 1.04. The van der Waals surface area contributed by atoms with Gasteiger partial charge in [0.25, 0.3) is 0 Å². The van der Waals surface area contributed by atoms with E-state index in [2.05, 4.69) is 32.3 Å². The first kappa shape index (κ1) is 15.4. The molecule has 5 heteroatoms. The number of fused-ring (bicyclic) bond motifs is 1. The Morgan fingerprint density at radius 1 is 1.12 bits per heavy atom. The molecular formula is C20H19N5. The Morgan fingerprint density at radius 2 is 1.96 bits per heavy atom. The predicted molar refractivity (Wildman–Crippen MR) is 99.5 cm³/mol. The highest BCUT2D eigenvalue weighted by Crippen LogP contribution is 2.26. The van der Waals surface area contributed by atoms with E-state index in [-0.39, 0.29) is 0 Å². The van der Waals surface area contributed by atoms with Crippen LogP contribution in [0.15, 0.2) is 48.8 Å². The Balaban J connectivity index is 1.60. The molecule has 1 aliphatic heterocycles. The second-order valence-corrected chi connectivity index (χ2v) is 6.25. The maximum atomic E-state index is 9.42. The third kappa shape index (κ3) is 3.11. The van der Waals surface area contributed by atoms with Crippen molar-refractivity contribution in [2.24, 2.45) is 0 Å². The van der Waals surface area contributed by atoms with Crippen molar-refractivity contribution < 1.29 is 0 Å². The van der Waals surface area contributed by atoms with Gasteiger partial charge in [-0.15, -0.1) is 0 Å². The van der Waals surface area contributed by atoms with Gasteiger partial charge in [-0.05, 0) is 36.6 Å². The summed E-state index contributed by atoms with van der Waals surface area (Å²) < 4.78 is 0. The minimum atomic E-state index is 0.563. The van der Waals surface area contributed by atoms with Gasteiger partial charge in [0.2, 0.25) is 0 Å². The Labute approximate surface area is 146 Å². The molecule has 1 aliphatic rings. The van der Waals surface area contributed by atoms with Crippen molar-refractivity contribution in [3.63, 3.8) is 0 Å². The molecule has 0 spiro atoms. The lowest BCUT2D eigenvalue weighted by molar-refractivity contribution is 0.931. The Bertz CT molecular complexity index is 938. The summed E-state index contributed by atoms with van der Waals surface area (Å²) in [5.41, 5.74) is 3.44. The quantitative estimate of drug-likeness (QED) is 0.790. The minimum Gasteiger partial charge on any atom is -0.379 e. The number of pyridine rings is 2. The van der Waals surface area contributed by atoms with Crippen LogP contribution in [-0.2, 0) is 6.54 Å². The van der Waals surface area contributed by atoms with Crippen LogP contribution in [0.4, 0.5) is 11.5 Å². The Hall–Kier alpha value is -3.13. The van der Waals surface area contributed by atoms with Gasteiger partial charge >= 0.3 is 0 Å². The SMILES string of the molecule is N#Cc1cnc2ccccc2c1NCc1ccnc(N2CCCC2)c1. The van der Waals surface area contributed by atoms with Gasteiger partial charge in [0.15, 0.2) is 0 Å². The number of benzene rings is 1. The van der Waals surface area contributed by atoms with Crippen LogP contribution in [0.1, 0.15) is 24.0 Å². The molecule has 1 fully saturated rings. The van der Waals surface area contributed by atoms with Crippen molar-refractivity contribution in [2.45, 2.75) is 19.4 Å². The fourth-order valence-electron chi connectivity index (χ4n) is 3.30. The number of hydrogen-bond donors (Lipinski definition) is 1. The number of rotatable bonds is 4. The zero-order valence-electron chi connectivity index (χ0n) is 13.9. The van der Waals surface area contributed by atoms with Crippen LogP contribution >= 0.6 is 0 Å². The predicted octanol–water partition coefficient (Wildman–Crippen LogP) is 3.71. The molecular weight excluding hydrogens is 310 g/mol. The summed E-state index contributed by atoms with van der Waals surface area (Å²) >= 11 is 0. The average Bonchev–Trinajstić information content (AvgIpc) is 3.21. The third-order valence-corrected chi connectivity index (χ3v) is 4.61. The monoisotopic (exact) mass is 329 g/mol. The largest absolute Gasteiger partial charge is 0.379 e. The molecule has 0 amide bonds. The lowest BCUT2D eigenvalue weighted by Gasteiger charge is -2.17. The topological polar surface area (TPSA) is 64.8 Å². The summed E-state index contributed by atoms with van der Waals surface area (Å²) in [6.07, 6.45) is 5.96. The standard InChI is InChI=1S/C20H19N5/c21-12-16-14-23-18-6-2-1-5-17(18)20(16)24-13-15-7-8-22-19(11-15)25-9-3-4-10-25/h1-2,5-8,11,14H,3-4,9-10,13H2,(H,23,24). The van der Waals surface area contributed by atoms with Crippen molar-refractivity contribution in [3.8, 4) is 6.07 Å². The number of aromatic nitrogens is 2. The smallest absolute Gasteiger partial charge is 0.128 e. The van der Waals surface area contributed by atoms with Crippen molar-refractivity contribution in [1.82, 2.24) is 9.97 Å². The second kappa shape index (κ2) is 6.78. The number of nitriles is 1. The number of anilines is 2. The van der Waals surface area contributed by atoms with E-state index in [1.54, 1.807) is 6.20 Å². The first-order valence-corrected chi connectivity index (χ1v) is 8.57. The van der Waals surface area contributed by atoms with Gasteiger partial charge in [-0.2, -0.15) is 5.26 Å². The molecule has 4 rings (SSSR count). The highest BCUT2D eigenvalue weighted by molar-refractivity contribution is 5.93. The molecule has 0 saturated carbocycles. The Morgan fingerprint density at radius 3 is 2.80 bits per heavy atom. The molecule has 1 N–H and O–H groups in total. The molecule has 2 aromatic heterocycles. The van der Waals surface area contributed by atoms with Gasteiger partial charge in [-0.1, -0.05) is 18.2 Å². The van der Waals surface area contributed by atoms with Gasteiger partial charge < -0.3 is 10.2 Å². The second-order valence-electron chi connectivity index (χ2n) is 6.25. The van der Waals surface area contributed by atoms with E-state index in [0.717, 1.165) is 41.1 Å². The fourth-order valence-corrected chi connectivity index (χ4v) is 3.30. The summed E-state index contributed by atoms with van der Waals surface area (Å²) in [4.78, 5) is 11.2. The zero-order chi connectivity index (χ0) is 17.1. The molecule has 0 bridgehead atoms. The molecule has 3 aromatic rings. The average molecular weight is 329 g/mol. The number of nitrogens with one attached hydrogen (secondary N) is 1. The molecule has 1 saturated heterocycles. The van der Waals surface area contributed by atoms with E-state index in [9.17, 15) is 5.26 Å². The third-order valence-electron chi connectivity index (χ3n) is 4.61. The molecule has 5 nitrogen and oxygen atoms in total. The highest BCUT2D eigenvalue weighted by Gasteiger charge is 2.14. The van der Waals surface area contributed by atoms with Crippen LogP contribution in [0.3, 0.4) is 0 Å². The molecule has 25 heavy (non-hydrogen) atoms. The molecule has 0 radical (unpaired) electrons. The lowest BCUT2D eigenvalue weighted by Crippen LogP contribution is -2.19. The molecule has 3 heterocycles. The van der Waals surface area contributed by atoms with E-state index in [1.165, 1.54) is 12.8 Å². The van der Waals surface area contributed by atoms with Crippen LogP contribution in [0.25, 0.3) is 10.9 Å². The van der Waals surface area contributed by atoms with E-state index < -0.39 is 0 Å². The van der Waals surface area contributed by atoms with Crippen LogP contribution in [0.2, 0.25) is 0 Å². The van der Waals surface area contributed by atoms with Crippen LogP contribution in [-0.4, -0.2) is 23.1 Å². The molecule has 124 valence electrons. The summed E-state index contributed by atoms with van der Waals surface area (Å²) in [6, 6.07) is 14.3. The van der Waals surface area contributed by atoms with Crippen LogP contribution in [0, 0.1) is 11.3 Å². The lowest BCUT2D eigenvalue weighted by atomic mass is 10.1. The summed E-state index contributed by atoms with van der Waals surface area (Å²) in [7, 11) is 0. The highest BCUT2D eigenvalue weighted by atomic mass is 15.2. The fraction of sp³-hybridized carbons (Fsp3) is 0.250. The molecule has 0 atom stereocenters. The first-order chi connectivity index (χ1) is 12.3. The molecule has 0 aliphatic carbocycles.